The lowest BCUT2D eigenvalue weighted by Crippen LogP contribution is -2.40. The monoisotopic (exact) mass is 256 g/mol. The highest BCUT2D eigenvalue weighted by atomic mass is 16.2. The number of primary amides is 1. The van der Waals surface area contributed by atoms with E-state index in [0.29, 0.717) is 13.0 Å². The second-order valence-corrected chi connectivity index (χ2v) is 5.58. The van der Waals surface area contributed by atoms with Gasteiger partial charge in [0.05, 0.1) is 0 Å². The van der Waals surface area contributed by atoms with Crippen molar-refractivity contribution in [2.45, 2.75) is 46.5 Å². The van der Waals surface area contributed by atoms with Gasteiger partial charge >= 0.3 is 0 Å². The normalized spacial score (nSPS) is 11.1. The van der Waals surface area contributed by atoms with Crippen LogP contribution in [0.2, 0.25) is 0 Å². The van der Waals surface area contributed by atoms with Crippen molar-refractivity contribution in [3.05, 3.63) is 0 Å². The first-order valence-corrected chi connectivity index (χ1v) is 6.24. The van der Waals surface area contributed by atoms with Crippen molar-refractivity contribution < 1.29 is 14.4 Å². The fraction of sp³-hybridized carbons (Fsp3) is 0.769. The first kappa shape index (κ1) is 16.6. The third-order valence-electron chi connectivity index (χ3n) is 2.64. The first-order valence-electron chi connectivity index (χ1n) is 6.24. The Morgan fingerprint density at radius 3 is 2.06 bits per heavy atom. The second kappa shape index (κ2) is 7.13. The number of carbonyl (C=O) groups is 3. The molecule has 0 saturated carbocycles. The smallest absolute Gasteiger partial charge is 0.290 e. The molecule has 2 N–H and O–H groups in total. The van der Waals surface area contributed by atoms with Gasteiger partial charge in [0.25, 0.3) is 5.91 Å². The van der Waals surface area contributed by atoms with Gasteiger partial charge in [-0.3, -0.25) is 14.4 Å². The number of Topliss-reactive ketones (excluding diaryl/α,β-unsaturated/α-hetero) is 1. The molecule has 0 atom stereocenters. The average Bonchev–Trinajstić information content (AvgIpc) is 2.24. The Morgan fingerprint density at radius 1 is 1.06 bits per heavy atom. The molecule has 0 aliphatic heterocycles. The molecule has 0 rings (SSSR count). The van der Waals surface area contributed by atoms with E-state index in [4.69, 9.17) is 5.73 Å². The van der Waals surface area contributed by atoms with Crippen LogP contribution in [0.3, 0.4) is 0 Å². The van der Waals surface area contributed by atoms with Crippen LogP contribution < -0.4 is 5.73 Å². The van der Waals surface area contributed by atoms with E-state index in [2.05, 4.69) is 0 Å². The number of likely N-dealkylation sites (N-methyl/N-ethyl adjacent to an activating group) is 1. The Morgan fingerprint density at radius 2 is 1.61 bits per heavy atom. The zero-order valence-corrected chi connectivity index (χ0v) is 11.8. The van der Waals surface area contributed by atoms with Crippen molar-refractivity contribution in [3.63, 3.8) is 0 Å². The third kappa shape index (κ3) is 6.37. The van der Waals surface area contributed by atoms with Crippen LogP contribution in [0.4, 0.5) is 0 Å². The van der Waals surface area contributed by atoms with Crippen LogP contribution in [0.15, 0.2) is 0 Å². The molecule has 0 aromatic rings. The molecule has 5 heteroatoms. The molecule has 0 aromatic heterocycles. The molecule has 0 radical (unpaired) electrons. The summed E-state index contributed by atoms with van der Waals surface area (Å²) >= 11 is 0. The highest BCUT2D eigenvalue weighted by molar-refractivity contribution is 6.37. The van der Waals surface area contributed by atoms with Crippen molar-refractivity contribution in [1.82, 2.24) is 4.90 Å². The third-order valence-corrected chi connectivity index (χ3v) is 2.64. The van der Waals surface area contributed by atoms with E-state index in [1.165, 1.54) is 4.90 Å². The Bertz CT molecular complexity index is 319. The molecule has 0 heterocycles. The number of ketones is 1. The summed E-state index contributed by atoms with van der Waals surface area (Å²) < 4.78 is 0. The highest BCUT2D eigenvalue weighted by Crippen LogP contribution is 2.15. The zero-order chi connectivity index (χ0) is 14.3. The fourth-order valence-electron chi connectivity index (χ4n) is 1.42. The minimum absolute atomic E-state index is 0.303. The van der Waals surface area contributed by atoms with Crippen molar-refractivity contribution in [1.29, 1.82) is 0 Å². The van der Waals surface area contributed by atoms with Gasteiger partial charge in [0.15, 0.2) is 0 Å². The Balaban J connectivity index is 3.96. The van der Waals surface area contributed by atoms with Gasteiger partial charge in [-0.1, -0.05) is 27.2 Å². The zero-order valence-electron chi connectivity index (χ0n) is 11.8. The number of nitrogens with two attached hydrogens (primary N) is 1. The van der Waals surface area contributed by atoms with Crippen molar-refractivity contribution in [2.24, 2.45) is 11.1 Å². The average molecular weight is 256 g/mol. The number of unbranched alkanes of at least 4 members (excludes halogenated alkanes) is 2. The molecule has 0 fully saturated rings. The molecule has 0 bridgehead atoms. The SMILES string of the molecule is CN(CCCCCC(N)=O)C(=O)C(=O)C(C)(C)C. The lowest BCUT2D eigenvalue weighted by Gasteiger charge is -2.21. The lowest BCUT2D eigenvalue weighted by atomic mass is 9.90. The summed E-state index contributed by atoms with van der Waals surface area (Å²) in [5.74, 6) is -1.12. The minimum atomic E-state index is -0.642. The van der Waals surface area contributed by atoms with Crippen molar-refractivity contribution in [3.8, 4) is 0 Å². The van der Waals surface area contributed by atoms with Crippen molar-refractivity contribution >= 4 is 17.6 Å². The summed E-state index contributed by atoms with van der Waals surface area (Å²) in [4.78, 5) is 35.5. The van der Waals surface area contributed by atoms with Gasteiger partial charge in [0.2, 0.25) is 11.7 Å². The van der Waals surface area contributed by atoms with Gasteiger partial charge in [0, 0.05) is 25.4 Å². The molecule has 0 aliphatic carbocycles. The molecule has 104 valence electrons. The molecule has 2 amide bonds. The van der Waals surface area contributed by atoms with E-state index in [1.54, 1.807) is 27.8 Å². The van der Waals surface area contributed by atoms with Crippen LogP contribution >= 0.6 is 0 Å². The lowest BCUT2D eigenvalue weighted by molar-refractivity contribution is -0.147. The molecule has 0 spiro atoms. The van der Waals surface area contributed by atoms with E-state index in [-0.39, 0.29) is 11.7 Å². The number of carbonyl (C=O) groups excluding carboxylic acids is 3. The van der Waals surface area contributed by atoms with Crippen LogP contribution in [0.5, 0.6) is 0 Å². The maximum absolute atomic E-state index is 11.8. The Kier molecular flexibility index (Phi) is 6.58. The number of amides is 2. The van der Waals surface area contributed by atoms with Gasteiger partial charge in [-0.2, -0.15) is 0 Å². The molecule has 0 aromatic carbocycles. The molecular weight excluding hydrogens is 232 g/mol. The number of nitrogens with zero attached hydrogens (tertiary/aromatic N) is 1. The van der Waals surface area contributed by atoms with E-state index < -0.39 is 11.3 Å². The second-order valence-electron chi connectivity index (χ2n) is 5.58. The number of hydrogen-bond donors (Lipinski definition) is 1. The molecule has 0 saturated heterocycles. The fourth-order valence-corrected chi connectivity index (χ4v) is 1.42. The van der Waals surface area contributed by atoms with E-state index in [0.717, 1.165) is 19.3 Å². The Hall–Kier alpha value is -1.39. The standard InChI is InChI=1S/C13H24N2O3/c1-13(2,3)11(17)12(18)15(4)9-7-5-6-8-10(14)16/h5-9H2,1-4H3,(H2,14,16). The number of hydrogen-bond acceptors (Lipinski definition) is 3. The van der Waals surface area contributed by atoms with Gasteiger partial charge < -0.3 is 10.6 Å². The first-order chi connectivity index (χ1) is 8.16. The van der Waals surface area contributed by atoms with Gasteiger partial charge in [-0.25, -0.2) is 0 Å². The van der Waals surface area contributed by atoms with Crippen LogP contribution in [0, 0.1) is 5.41 Å². The van der Waals surface area contributed by atoms with E-state index in [9.17, 15) is 14.4 Å². The predicted octanol–water partition coefficient (Wildman–Crippen LogP) is 1.11. The highest BCUT2D eigenvalue weighted by Gasteiger charge is 2.30. The van der Waals surface area contributed by atoms with Gasteiger partial charge in [-0.05, 0) is 12.8 Å². The molecule has 18 heavy (non-hydrogen) atoms. The molecular formula is C13H24N2O3. The topological polar surface area (TPSA) is 80.5 Å². The Labute approximate surface area is 109 Å². The summed E-state index contributed by atoms with van der Waals surface area (Å²) in [7, 11) is 1.63. The van der Waals surface area contributed by atoms with Gasteiger partial charge in [0.1, 0.15) is 0 Å². The maximum Gasteiger partial charge on any atom is 0.290 e. The van der Waals surface area contributed by atoms with Crippen LogP contribution in [-0.2, 0) is 14.4 Å². The maximum atomic E-state index is 11.8. The predicted molar refractivity (Wildman–Crippen MR) is 69.8 cm³/mol. The molecule has 0 aliphatic rings. The molecule has 5 nitrogen and oxygen atoms in total. The summed E-state index contributed by atoms with van der Waals surface area (Å²) in [5, 5.41) is 0. The minimum Gasteiger partial charge on any atom is -0.370 e. The largest absolute Gasteiger partial charge is 0.370 e. The molecule has 0 unspecified atom stereocenters. The van der Waals surface area contributed by atoms with Crippen LogP contribution in [0.1, 0.15) is 46.5 Å². The van der Waals surface area contributed by atoms with Crippen LogP contribution in [-0.4, -0.2) is 36.1 Å². The van der Waals surface area contributed by atoms with Crippen LogP contribution in [0.25, 0.3) is 0 Å². The summed E-state index contributed by atoms with van der Waals surface area (Å²) in [6.07, 6.45) is 2.69. The number of rotatable bonds is 7. The summed E-state index contributed by atoms with van der Waals surface area (Å²) in [6, 6.07) is 0. The van der Waals surface area contributed by atoms with E-state index in [1.807, 2.05) is 0 Å². The summed E-state index contributed by atoms with van der Waals surface area (Å²) in [6.45, 7) is 5.72. The van der Waals surface area contributed by atoms with Gasteiger partial charge in [-0.15, -0.1) is 0 Å². The van der Waals surface area contributed by atoms with Crippen molar-refractivity contribution in [2.75, 3.05) is 13.6 Å². The van der Waals surface area contributed by atoms with E-state index >= 15 is 0 Å². The summed E-state index contributed by atoms with van der Waals surface area (Å²) in [5.41, 5.74) is 4.38. The quantitative estimate of drug-likeness (QED) is 0.547.